The van der Waals surface area contributed by atoms with Crippen LogP contribution in [0.5, 0.6) is 5.75 Å². The van der Waals surface area contributed by atoms with Crippen molar-refractivity contribution in [2.75, 3.05) is 6.54 Å². The summed E-state index contributed by atoms with van der Waals surface area (Å²) in [6.45, 7) is 3.08. The molecule has 1 atom stereocenters. The van der Waals surface area contributed by atoms with Gasteiger partial charge in [-0.05, 0) is 65.1 Å². The molecule has 0 spiro atoms. The van der Waals surface area contributed by atoms with Crippen LogP contribution in [0.15, 0.2) is 40.2 Å². The highest BCUT2D eigenvalue weighted by Gasteiger charge is 2.24. The monoisotopic (exact) mass is 351 g/mol. The van der Waals surface area contributed by atoms with Crippen LogP contribution in [-0.4, -0.2) is 12.6 Å². The molecule has 1 saturated carbocycles. The Hall–Kier alpha value is -0.840. The number of rotatable bonds is 6. The fourth-order valence-corrected chi connectivity index (χ4v) is 3.74. The number of benzene rings is 1. The number of hydrogen-bond donors (Lipinski definition) is 1. The summed E-state index contributed by atoms with van der Waals surface area (Å²) in [6, 6.07) is 13.0. The third-order valence-corrected chi connectivity index (χ3v) is 4.99. The van der Waals surface area contributed by atoms with E-state index in [4.69, 9.17) is 4.74 Å². The first kappa shape index (κ1) is 14.1. The predicted molar refractivity (Wildman–Crippen MR) is 87.6 cm³/mol. The van der Waals surface area contributed by atoms with Crippen molar-refractivity contribution < 1.29 is 4.74 Å². The van der Waals surface area contributed by atoms with Crippen molar-refractivity contribution in [3.8, 4) is 5.75 Å². The third-order valence-electron chi connectivity index (χ3n) is 3.31. The molecule has 0 bridgehead atoms. The van der Waals surface area contributed by atoms with Gasteiger partial charge in [-0.2, -0.15) is 0 Å². The molecule has 1 fully saturated rings. The Morgan fingerprint density at radius 2 is 2.20 bits per heavy atom. The van der Waals surface area contributed by atoms with Gasteiger partial charge in [0.15, 0.2) is 0 Å². The second-order valence-corrected chi connectivity index (χ2v) is 7.52. The van der Waals surface area contributed by atoms with Crippen molar-refractivity contribution in [1.82, 2.24) is 5.32 Å². The zero-order valence-corrected chi connectivity index (χ0v) is 13.8. The average Bonchev–Trinajstić information content (AvgIpc) is 3.16. The maximum atomic E-state index is 5.90. The largest absolute Gasteiger partial charge is 0.490 e. The Morgan fingerprint density at radius 1 is 1.35 bits per heavy atom. The minimum atomic E-state index is 0.235. The van der Waals surface area contributed by atoms with E-state index < -0.39 is 0 Å². The van der Waals surface area contributed by atoms with Crippen LogP contribution in [0, 0.1) is 0 Å². The van der Waals surface area contributed by atoms with Gasteiger partial charge in [-0.15, -0.1) is 11.3 Å². The average molecular weight is 352 g/mol. The van der Waals surface area contributed by atoms with E-state index in [2.05, 4.69) is 64.6 Å². The smallest absolute Gasteiger partial charge is 0.120 e. The van der Waals surface area contributed by atoms with Crippen LogP contribution < -0.4 is 10.1 Å². The lowest BCUT2D eigenvalue weighted by molar-refractivity contribution is 0.302. The van der Waals surface area contributed by atoms with Crippen LogP contribution >= 0.6 is 27.3 Å². The predicted octanol–water partition coefficient (Wildman–Crippen LogP) is 4.75. The fourth-order valence-electron chi connectivity index (χ4n) is 2.22. The summed E-state index contributed by atoms with van der Waals surface area (Å²) in [4.78, 5) is 1.32. The molecule has 1 aromatic carbocycles. The van der Waals surface area contributed by atoms with Gasteiger partial charge in [-0.1, -0.05) is 19.1 Å². The van der Waals surface area contributed by atoms with Crippen molar-refractivity contribution in [3.63, 3.8) is 0 Å². The summed E-state index contributed by atoms with van der Waals surface area (Å²) < 4.78 is 7.07. The van der Waals surface area contributed by atoms with Gasteiger partial charge in [0.1, 0.15) is 5.75 Å². The van der Waals surface area contributed by atoms with E-state index in [1.165, 1.54) is 27.1 Å². The van der Waals surface area contributed by atoms with Gasteiger partial charge in [0.2, 0.25) is 0 Å². The Labute approximate surface area is 132 Å². The van der Waals surface area contributed by atoms with Gasteiger partial charge in [0, 0.05) is 4.88 Å². The lowest BCUT2D eigenvalue weighted by Crippen LogP contribution is -2.21. The number of nitrogens with one attached hydrogen (secondary N) is 1. The van der Waals surface area contributed by atoms with E-state index in [0.717, 1.165) is 12.3 Å². The summed E-state index contributed by atoms with van der Waals surface area (Å²) in [7, 11) is 0. The van der Waals surface area contributed by atoms with Crippen molar-refractivity contribution in [2.45, 2.75) is 31.9 Å². The molecular weight excluding hydrogens is 334 g/mol. The lowest BCUT2D eigenvalue weighted by Gasteiger charge is -2.18. The molecule has 3 rings (SSSR count). The lowest BCUT2D eigenvalue weighted by atomic mass is 10.1. The molecule has 0 saturated heterocycles. The first-order valence-corrected chi connectivity index (χ1v) is 8.62. The van der Waals surface area contributed by atoms with E-state index in [1.54, 1.807) is 11.3 Å². The van der Waals surface area contributed by atoms with E-state index >= 15 is 0 Å². The SMILES string of the molecule is CCNC(c1cccc(OC2CC2)c1)c1ccc(Br)s1. The molecule has 1 unspecified atom stereocenters. The Bertz CT molecular complexity index is 579. The molecule has 1 aromatic heterocycles. The minimum absolute atomic E-state index is 0.235. The highest BCUT2D eigenvalue weighted by molar-refractivity contribution is 9.11. The molecule has 2 nitrogen and oxygen atoms in total. The highest BCUT2D eigenvalue weighted by atomic mass is 79.9. The standard InChI is InChI=1S/C16H18BrNOS/c1-2-18-16(14-8-9-15(17)20-14)11-4-3-5-13(10-11)19-12-6-7-12/h3-5,8-10,12,16,18H,2,6-7H2,1H3. The Kier molecular flexibility index (Phi) is 4.44. The van der Waals surface area contributed by atoms with Gasteiger partial charge in [-0.25, -0.2) is 0 Å². The van der Waals surface area contributed by atoms with Crippen LogP contribution in [0.1, 0.15) is 36.2 Å². The summed E-state index contributed by atoms with van der Waals surface area (Å²) in [5, 5.41) is 3.56. The van der Waals surface area contributed by atoms with Crippen LogP contribution in [-0.2, 0) is 0 Å². The minimum Gasteiger partial charge on any atom is -0.490 e. The zero-order chi connectivity index (χ0) is 13.9. The van der Waals surface area contributed by atoms with Gasteiger partial charge < -0.3 is 10.1 Å². The Balaban J connectivity index is 1.86. The van der Waals surface area contributed by atoms with Gasteiger partial charge >= 0.3 is 0 Å². The summed E-state index contributed by atoms with van der Waals surface area (Å²) in [6.07, 6.45) is 2.83. The van der Waals surface area contributed by atoms with Gasteiger partial charge in [-0.3, -0.25) is 0 Å². The third kappa shape index (κ3) is 3.43. The maximum absolute atomic E-state index is 5.90. The molecule has 106 valence electrons. The van der Waals surface area contributed by atoms with Crippen molar-refractivity contribution in [1.29, 1.82) is 0 Å². The van der Waals surface area contributed by atoms with Crippen molar-refractivity contribution in [2.24, 2.45) is 0 Å². The molecule has 2 aromatic rings. The van der Waals surface area contributed by atoms with Crippen molar-refractivity contribution >= 4 is 27.3 Å². The van der Waals surface area contributed by atoms with E-state index in [0.29, 0.717) is 6.10 Å². The number of hydrogen-bond acceptors (Lipinski definition) is 3. The van der Waals surface area contributed by atoms with E-state index in [1.807, 2.05) is 0 Å². The quantitative estimate of drug-likeness (QED) is 0.810. The second-order valence-electron chi connectivity index (χ2n) is 5.02. The summed E-state index contributed by atoms with van der Waals surface area (Å²) in [5.74, 6) is 0.989. The van der Waals surface area contributed by atoms with E-state index in [9.17, 15) is 0 Å². The molecule has 0 aliphatic heterocycles. The van der Waals surface area contributed by atoms with E-state index in [-0.39, 0.29) is 6.04 Å². The molecule has 1 heterocycles. The van der Waals surface area contributed by atoms with Crippen LogP contribution in [0.3, 0.4) is 0 Å². The van der Waals surface area contributed by atoms with Gasteiger partial charge in [0.05, 0.1) is 15.9 Å². The molecule has 20 heavy (non-hydrogen) atoms. The normalized spacial score (nSPS) is 16.1. The number of ether oxygens (including phenoxy) is 1. The molecular formula is C16H18BrNOS. The molecule has 0 amide bonds. The fraction of sp³-hybridized carbons (Fsp3) is 0.375. The highest BCUT2D eigenvalue weighted by Crippen LogP contribution is 2.33. The first-order chi connectivity index (χ1) is 9.76. The topological polar surface area (TPSA) is 21.3 Å². The second kappa shape index (κ2) is 6.29. The molecule has 1 N–H and O–H groups in total. The number of thiophene rings is 1. The van der Waals surface area contributed by atoms with Gasteiger partial charge in [0.25, 0.3) is 0 Å². The molecule has 1 aliphatic rings. The first-order valence-electron chi connectivity index (χ1n) is 7.01. The summed E-state index contributed by atoms with van der Waals surface area (Å²) >= 11 is 5.32. The van der Waals surface area contributed by atoms with Crippen LogP contribution in [0.25, 0.3) is 0 Å². The number of halogens is 1. The van der Waals surface area contributed by atoms with Crippen LogP contribution in [0.2, 0.25) is 0 Å². The molecule has 1 aliphatic carbocycles. The zero-order valence-electron chi connectivity index (χ0n) is 11.4. The molecule has 0 radical (unpaired) electrons. The van der Waals surface area contributed by atoms with Crippen LogP contribution in [0.4, 0.5) is 0 Å². The summed E-state index contributed by atoms with van der Waals surface area (Å²) in [5.41, 5.74) is 1.26. The molecule has 4 heteroatoms. The van der Waals surface area contributed by atoms with Crippen molar-refractivity contribution in [3.05, 3.63) is 50.6 Å². The maximum Gasteiger partial charge on any atom is 0.120 e. The Morgan fingerprint density at radius 3 is 2.85 bits per heavy atom.